The fraction of sp³-hybridized carbons (Fsp3) is 0.636. The minimum Gasteiger partial charge on any atom is -0.394 e. The second kappa shape index (κ2) is 5.45. The molecule has 0 saturated carbocycles. The van der Waals surface area contributed by atoms with Crippen LogP contribution >= 0.6 is 0 Å². The molecule has 0 spiro atoms. The van der Waals surface area contributed by atoms with E-state index in [1.807, 2.05) is 0 Å². The van der Waals surface area contributed by atoms with Crippen LogP contribution in [-0.4, -0.2) is 62.5 Å². The molecule has 1 saturated heterocycles. The lowest BCUT2D eigenvalue weighted by molar-refractivity contribution is 0.0158. The number of rotatable bonds is 4. The summed E-state index contributed by atoms with van der Waals surface area (Å²) in [5.74, 6) is 0.906. The van der Waals surface area contributed by atoms with Crippen molar-refractivity contribution in [3.05, 3.63) is 12.4 Å². The third-order valence-corrected chi connectivity index (χ3v) is 3.30. The Morgan fingerprint density at radius 2 is 2.16 bits per heavy atom. The molecule has 0 amide bonds. The van der Waals surface area contributed by atoms with Gasteiger partial charge in [-0.15, -0.1) is 5.10 Å². The largest absolute Gasteiger partial charge is 0.394 e. The van der Waals surface area contributed by atoms with Gasteiger partial charge in [-0.2, -0.15) is 4.52 Å². The van der Waals surface area contributed by atoms with E-state index >= 15 is 0 Å². The van der Waals surface area contributed by atoms with Gasteiger partial charge >= 0.3 is 0 Å². The average molecular weight is 264 g/mol. The van der Waals surface area contributed by atoms with Gasteiger partial charge in [-0.3, -0.25) is 4.98 Å². The maximum atomic E-state index is 8.75. The molecule has 3 heterocycles. The van der Waals surface area contributed by atoms with Crippen LogP contribution in [0.2, 0.25) is 0 Å². The lowest BCUT2D eigenvalue weighted by Gasteiger charge is -2.32. The summed E-state index contributed by atoms with van der Waals surface area (Å²) < 4.78 is 7.25. The number of ether oxygens (including phenoxy) is 1. The van der Waals surface area contributed by atoms with E-state index in [0.29, 0.717) is 12.3 Å². The summed E-state index contributed by atoms with van der Waals surface area (Å²) in [6.45, 7) is 2.23. The van der Waals surface area contributed by atoms with Gasteiger partial charge in [-0.1, -0.05) is 0 Å². The summed E-state index contributed by atoms with van der Waals surface area (Å²) in [5, 5.41) is 20.3. The van der Waals surface area contributed by atoms with Crippen LogP contribution < -0.4 is 4.90 Å². The van der Waals surface area contributed by atoms with Crippen LogP contribution in [0, 0.1) is 0 Å². The van der Waals surface area contributed by atoms with Crippen molar-refractivity contribution in [2.24, 2.45) is 0 Å². The van der Waals surface area contributed by atoms with Crippen molar-refractivity contribution in [3.8, 4) is 0 Å². The first kappa shape index (κ1) is 12.2. The number of nitrogens with zero attached hydrogens (tertiary/aromatic N) is 6. The lowest BCUT2D eigenvalue weighted by atomic mass is 10.1. The van der Waals surface area contributed by atoms with Crippen molar-refractivity contribution < 1.29 is 9.84 Å². The van der Waals surface area contributed by atoms with Crippen molar-refractivity contribution in [2.45, 2.75) is 18.9 Å². The molecular weight excluding hydrogens is 248 g/mol. The molecule has 8 nitrogen and oxygen atoms in total. The van der Waals surface area contributed by atoms with Gasteiger partial charge in [-0.05, 0) is 23.3 Å². The Morgan fingerprint density at radius 1 is 1.32 bits per heavy atom. The second-order valence-corrected chi connectivity index (χ2v) is 4.50. The molecule has 0 unspecified atom stereocenters. The molecule has 1 fully saturated rings. The molecular formula is C11H16N6O2. The van der Waals surface area contributed by atoms with Crippen molar-refractivity contribution in [1.29, 1.82) is 0 Å². The van der Waals surface area contributed by atoms with Crippen molar-refractivity contribution in [3.63, 3.8) is 0 Å². The molecule has 2 aromatic heterocycles. The third kappa shape index (κ3) is 2.49. The molecule has 19 heavy (non-hydrogen) atoms. The van der Waals surface area contributed by atoms with Crippen molar-refractivity contribution in [1.82, 2.24) is 25.0 Å². The molecule has 1 aliphatic heterocycles. The molecule has 1 N–H and O–H groups in total. The molecule has 1 aliphatic rings. The highest BCUT2D eigenvalue weighted by atomic mass is 16.5. The maximum absolute atomic E-state index is 8.75. The number of hydrogen-bond donors (Lipinski definition) is 1. The zero-order chi connectivity index (χ0) is 13.1. The first-order valence-corrected chi connectivity index (χ1v) is 6.38. The van der Waals surface area contributed by atoms with Gasteiger partial charge in [0.05, 0.1) is 31.7 Å². The van der Waals surface area contributed by atoms with Gasteiger partial charge in [-0.25, -0.2) is 0 Å². The number of aliphatic hydroxyl groups excluding tert-OH is 1. The van der Waals surface area contributed by atoms with Crippen LogP contribution in [0.5, 0.6) is 0 Å². The van der Waals surface area contributed by atoms with Gasteiger partial charge in [0.25, 0.3) is 0 Å². The minimum absolute atomic E-state index is 0.0774. The average Bonchev–Trinajstić information content (AvgIpc) is 2.94. The zero-order valence-electron chi connectivity index (χ0n) is 10.5. The summed E-state index contributed by atoms with van der Waals surface area (Å²) in [5.41, 5.74) is 0.649. The number of hydrogen-bond acceptors (Lipinski definition) is 7. The van der Waals surface area contributed by atoms with Crippen molar-refractivity contribution in [2.75, 3.05) is 31.2 Å². The van der Waals surface area contributed by atoms with E-state index in [4.69, 9.17) is 9.84 Å². The van der Waals surface area contributed by atoms with Crippen LogP contribution in [0.25, 0.3) is 5.65 Å². The highest BCUT2D eigenvalue weighted by Crippen LogP contribution is 2.20. The zero-order valence-corrected chi connectivity index (χ0v) is 10.5. The topological polar surface area (TPSA) is 88.7 Å². The highest BCUT2D eigenvalue weighted by Gasteiger charge is 2.21. The van der Waals surface area contributed by atoms with E-state index in [9.17, 15) is 0 Å². The van der Waals surface area contributed by atoms with Crippen LogP contribution in [0.15, 0.2) is 12.4 Å². The SMILES string of the molecule is OCCOC1CCN(c2cncc3nnnn23)CC1. The Balaban J connectivity index is 1.69. The maximum Gasteiger partial charge on any atom is 0.199 e. The molecule has 102 valence electrons. The Labute approximate surface area is 110 Å². The fourth-order valence-corrected chi connectivity index (χ4v) is 2.35. The second-order valence-electron chi connectivity index (χ2n) is 4.50. The minimum atomic E-state index is 0.0774. The number of tetrazole rings is 1. The lowest BCUT2D eigenvalue weighted by Crippen LogP contribution is -2.38. The normalized spacial score (nSPS) is 17.2. The predicted molar refractivity (Wildman–Crippen MR) is 66.8 cm³/mol. The van der Waals surface area contributed by atoms with Crippen LogP contribution in [-0.2, 0) is 4.74 Å². The number of aliphatic hydroxyl groups is 1. The highest BCUT2D eigenvalue weighted by molar-refractivity contribution is 5.46. The van der Waals surface area contributed by atoms with Gasteiger partial charge in [0, 0.05) is 13.1 Å². The predicted octanol–water partition coefficient (Wildman–Crippen LogP) is -0.503. The molecule has 3 rings (SSSR count). The van der Waals surface area contributed by atoms with Crippen LogP contribution in [0.3, 0.4) is 0 Å². The Morgan fingerprint density at radius 3 is 2.95 bits per heavy atom. The standard InChI is InChI=1S/C11H16N6O2/c18-5-6-19-9-1-3-16(4-2-9)11-8-12-7-10-13-14-15-17(10)11/h7-9,18H,1-6H2. The first-order valence-electron chi connectivity index (χ1n) is 6.38. The Kier molecular flexibility index (Phi) is 3.51. The number of anilines is 1. The van der Waals surface area contributed by atoms with E-state index in [1.165, 1.54) is 0 Å². The van der Waals surface area contributed by atoms with Crippen molar-refractivity contribution >= 4 is 11.5 Å². The number of fused-ring (bicyclic) bond motifs is 1. The van der Waals surface area contributed by atoms with E-state index < -0.39 is 0 Å². The van der Waals surface area contributed by atoms with E-state index in [-0.39, 0.29) is 12.7 Å². The Hall–Kier alpha value is -1.80. The van der Waals surface area contributed by atoms with E-state index in [1.54, 1.807) is 16.9 Å². The summed E-state index contributed by atoms with van der Waals surface area (Å²) in [6.07, 6.45) is 5.50. The Bertz CT molecular complexity index is 537. The van der Waals surface area contributed by atoms with Gasteiger partial charge in [0.1, 0.15) is 0 Å². The molecule has 0 aromatic carbocycles. The molecule has 0 atom stereocenters. The monoisotopic (exact) mass is 264 g/mol. The van der Waals surface area contributed by atoms with Gasteiger partial charge in [0.15, 0.2) is 11.5 Å². The molecule has 0 aliphatic carbocycles. The number of aromatic nitrogens is 5. The van der Waals surface area contributed by atoms with E-state index in [2.05, 4.69) is 25.4 Å². The summed E-state index contributed by atoms with van der Waals surface area (Å²) in [6, 6.07) is 0. The van der Waals surface area contributed by atoms with E-state index in [0.717, 1.165) is 31.7 Å². The summed E-state index contributed by atoms with van der Waals surface area (Å²) in [7, 11) is 0. The van der Waals surface area contributed by atoms with Gasteiger partial charge in [0.2, 0.25) is 0 Å². The molecule has 0 radical (unpaired) electrons. The fourth-order valence-electron chi connectivity index (χ4n) is 2.35. The molecule has 0 bridgehead atoms. The van der Waals surface area contributed by atoms with Gasteiger partial charge < -0.3 is 14.7 Å². The van der Waals surface area contributed by atoms with Crippen LogP contribution in [0.1, 0.15) is 12.8 Å². The summed E-state index contributed by atoms with van der Waals surface area (Å²) >= 11 is 0. The molecule has 2 aromatic rings. The third-order valence-electron chi connectivity index (χ3n) is 3.30. The molecule has 8 heteroatoms. The smallest absolute Gasteiger partial charge is 0.199 e. The quantitative estimate of drug-likeness (QED) is 0.796. The summed E-state index contributed by atoms with van der Waals surface area (Å²) in [4.78, 5) is 6.36. The van der Waals surface area contributed by atoms with Crippen LogP contribution in [0.4, 0.5) is 5.82 Å². The number of piperidine rings is 1. The first-order chi connectivity index (χ1) is 9.38.